The van der Waals surface area contributed by atoms with Crippen LogP contribution in [0.15, 0.2) is 29.2 Å². The van der Waals surface area contributed by atoms with Crippen LogP contribution in [0, 0.1) is 5.92 Å². The minimum atomic E-state index is -3.18. The highest BCUT2D eigenvalue weighted by Gasteiger charge is 2.22. The summed E-state index contributed by atoms with van der Waals surface area (Å²) in [5, 5.41) is 3.79. The summed E-state index contributed by atoms with van der Waals surface area (Å²) in [5.74, 6) is 0.450. The summed E-state index contributed by atoms with van der Waals surface area (Å²) in [5.41, 5.74) is 0. The lowest BCUT2D eigenvalue weighted by molar-refractivity contribution is 0.404. The summed E-state index contributed by atoms with van der Waals surface area (Å²) in [6.45, 7) is 1.80. The Hall–Kier alpha value is -0.290. The highest BCUT2D eigenvalue weighted by Crippen LogP contribution is 2.20. The van der Waals surface area contributed by atoms with Crippen LogP contribution < -0.4 is 5.32 Å². The molecule has 1 aromatic rings. The maximum absolute atomic E-state index is 12.1. The fraction of sp³-hybridized carbons (Fsp3) is 0.500. The van der Waals surface area contributed by atoms with Crippen LogP contribution in [-0.2, 0) is 9.84 Å². The van der Waals surface area contributed by atoms with Gasteiger partial charge in [-0.25, -0.2) is 8.42 Å². The van der Waals surface area contributed by atoms with Crippen molar-refractivity contribution in [1.29, 1.82) is 0 Å². The van der Waals surface area contributed by atoms with Gasteiger partial charge in [-0.05, 0) is 56.1 Å². The molecule has 0 spiro atoms. The normalized spacial score (nSPS) is 20.2. The second kappa shape index (κ2) is 6.75. The molecule has 0 radical (unpaired) electrons. The molecule has 0 amide bonds. The summed E-state index contributed by atoms with van der Waals surface area (Å²) in [6.07, 6.45) is 2.04. The van der Waals surface area contributed by atoms with Crippen molar-refractivity contribution >= 4 is 33.8 Å². The third-order valence-corrected chi connectivity index (χ3v) is 5.18. The molecule has 1 unspecified atom stereocenters. The molecule has 18 heavy (non-hydrogen) atoms. The van der Waals surface area contributed by atoms with E-state index in [2.05, 4.69) is 5.32 Å². The molecule has 0 aromatic heterocycles. The summed E-state index contributed by atoms with van der Waals surface area (Å²) < 4.78 is 24.3. The van der Waals surface area contributed by atoms with Crippen LogP contribution in [0.2, 0.25) is 5.02 Å². The monoisotopic (exact) mass is 309 g/mol. The Bertz CT molecular complexity index is 467. The van der Waals surface area contributed by atoms with Gasteiger partial charge in [-0.3, -0.25) is 0 Å². The molecule has 1 aromatic carbocycles. The molecule has 1 atom stereocenters. The minimum Gasteiger partial charge on any atom is -0.316 e. The van der Waals surface area contributed by atoms with Crippen molar-refractivity contribution in [2.75, 3.05) is 18.8 Å². The third kappa shape index (κ3) is 4.12. The van der Waals surface area contributed by atoms with Gasteiger partial charge in [-0.1, -0.05) is 11.6 Å². The van der Waals surface area contributed by atoms with Crippen molar-refractivity contribution in [3.8, 4) is 0 Å². The van der Waals surface area contributed by atoms with E-state index in [1.807, 2.05) is 0 Å². The van der Waals surface area contributed by atoms with E-state index < -0.39 is 9.84 Å². The largest absolute Gasteiger partial charge is 0.316 e. The Morgan fingerprint density at radius 2 is 1.94 bits per heavy atom. The van der Waals surface area contributed by atoms with E-state index in [0.29, 0.717) is 9.92 Å². The zero-order valence-corrected chi connectivity index (χ0v) is 12.3. The Kier molecular flexibility index (Phi) is 5.92. The first-order valence-corrected chi connectivity index (χ1v) is 7.80. The van der Waals surface area contributed by atoms with Gasteiger partial charge in [0.15, 0.2) is 9.84 Å². The first-order chi connectivity index (χ1) is 8.08. The van der Waals surface area contributed by atoms with Crippen LogP contribution in [0.25, 0.3) is 0 Å². The zero-order chi connectivity index (χ0) is 12.3. The van der Waals surface area contributed by atoms with Gasteiger partial charge in [0.1, 0.15) is 0 Å². The average molecular weight is 310 g/mol. The van der Waals surface area contributed by atoms with Crippen molar-refractivity contribution < 1.29 is 8.42 Å². The molecule has 6 heteroatoms. The van der Waals surface area contributed by atoms with E-state index in [0.717, 1.165) is 25.9 Å². The molecule has 1 fully saturated rings. The third-order valence-electron chi connectivity index (χ3n) is 3.03. The van der Waals surface area contributed by atoms with Gasteiger partial charge < -0.3 is 5.32 Å². The van der Waals surface area contributed by atoms with Crippen molar-refractivity contribution in [1.82, 2.24) is 5.32 Å². The lowest BCUT2D eigenvalue weighted by Crippen LogP contribution is -2.33. The van der Waals surface area contributed by atoms with Crippen molar-refractivity contribution in [2.45, 2.75) is 17.7 Å². The van der Waals surface area contributed by atoms with Gasteiger partial charge in [0.05, 0.1) is 10.6 Å². The van der Waals surface area contributed by atoms with Crippen LogP contribution in [0.3, 0.4) is 0 Å². The molecule has 0 aliphatic carbocycles. The van der Waals surface area contributed by atoms with Gasteiger partial charge in [-0.2, -0.15) is 0 Å². The standard InChI is InChI=1S/C12H16ClNO2S.ClH/c13-11-3-5-12(6-4-11)17(15,16)9-10-2-1-7-14-8-10;/h3-6,10,14H,1-2,7-9H2;1H. The second-order valence-corrected chi connectivity index (χ2v) is 6.92. The SMILES string of the molecule is Cl.O=S(=O)(CC1CCCNC1)c1ccc(Cl)cc1. The van der Waals surface area contributed by atoms with E-state index in [4.69, 9.17) is 11.6 Å². The molecule has 1 heterocycles. The molecule has 102 valence electrons. The van der Waals surface area contributed by atoms with Crippen molar-refractivity contribution in [3.05, 3.63) is 29.3 Å². The molecule has 1 N–H and O–H groups in total. The molecule has 1 saturated heterocycles. The number of piperidine rings is 1. The van der Waals surface area contributed by atoms with Crippen molar-refractivity contribution in [3.63, 3.8) is 0 Å². The number of nitrogens with one attached hydrogen (secondary N) is 1. The van der Waals surface area contributed by atoms with E-state index >= 15 is 0 Å². The van der Waals surface area contributed by atoms with E-state index in [9.17, 15) is 8.42 Å². The van der Waals surface area contributed by atoms with Crippen LogP contribution in [0.4, 0.5) is 0 Å². The highest BCUT2D eigenvalue weighted by atomic mass is 35.5. The Morgan fingerprint density at radius 3 is 2.50 bits per heavy atom. The summed E-state index contributed by atoms with van der Waals surface area (Å²) in [6, 6.07) is 6.39. The quantitative estimate of drug-likeness (QED) is 0.933. The molecule has 3 nitrogen and oxygen atoms in total. The van der Waals surface area contributed by atoms with Crippen LogP contribution in [0.5, 0.6) is 0 Å². The van der Waals surface area contributed by atoms with E-state index in [1.54, 1.807) is 24.3 Å². The predicted octanol–water partition coefficient (Wildman–Crippen LogP) is 2.54. The fourth-order valence-corrected chi connectivity index (χ4v) is 3.89. The molecular formula is C12H17Cl2NO2S. The second-order valence-electron chi connectivity index (χ2n) is 4.45. The number of benzene rings is 1. The van der Waals surface area contributed by atoms with Crippen LogP contribution in [-0.4, -0.2) is 27.3 Å². The maximum Gasteiger partial charge on any atom is 0.178 e. The van der Waals surface area contributed by atoms with Gasteiger partial charge in [0, 0.05) is 5.02 Å². The lowest BCUT2D eigenvalue weighted by Gasteiger charge is -2.22. The summed E-state index contributed by atoms with van der Waals surface area (Å²) in [7, 11) is -3.18. The lowest BCUT2D eigenvalue weighted by atomic mass is 10.0. The van der Waals surface area contributed by atoms with E-state index in [1.165, 1.54) is 0 Å². The van der Waals surface area contributed by atoms with Gasteiger partial charge in [-0.15, -0.1) is 12.4 Å². The number of hydrogen-bond donors (Lipinski definition) is 1. The Balaban J connectivity index is 0.00000162. The van der Waals surface area contributed by atoms with Crippen LogP contribution in [0.1, 0.15) is 12.8 Å². The van der Waals surface area contributed by atoms with Gasteiger partial charge in [0.2, 0.25) is 0 Å². The molecule has 2 rings (SSSR count). The number of halogens is 2. The Labute approximate surface area is 119 Å². The smallest absolute Gasteiger partial charge is 0.178 e. The topological polar surface area (TPSA) is 46.2 Å². The van der Waals surface area contributed by atoms with E-state index in [-0.39, 0.29) is 24.1 Å². The summed E-state index contributed by atoms with van der Waals surface area (Å²) >= 11 is 5.75. The van der Waals surface area contributed by atoms with Crippen LogP contribution >= 0.6 is 24.0 Å². The molecule has 0 bridgehead atoms. The zero-order valence-electron chi connectivity index (χ0n) is 9.93. The number of rotatable bonds is 3. The highest BCUT2D eigenvalue weighted by molar-refractivity contribution is 7.91. The maximum atomic E-state index is 12.1. The predicted molar refractivity (Wildman–Crippen MR) is 76.3 cm³/mol. The minimum absolute atomic E-state index is 0. The number of sulfone groups is 1. The fourth-order valence-electron chi connectivity index (χ4n) is 2.11. The molecule has 0 saturated carbocycles. The van der Waals surface area contributed by atoms with Gasteiger partial charge in [0.25, 0.3) is 0 Å². The first-order valence-electron chi connectivity index (χ1n) is 5.77. The average Bonchev–Trinajstić information content (AvgIpc) is 2.30. The number of hydrogen-bond acceptors (Lipinski definition) is 3. The Morgan fingerprint density at radius 1 is 1.28 bits per heavy atom. The molecule has 1 aliphatic rings. The molecular weight excluding hydrogens is 293 g/mol. The summed E-state index contributed by atoms with van der Waals surface area (Å²) in [4.78, 5) is 0.368. The molecule has 1 aliphatic heterocycles. The van der Waals surface area contributed by atoms with Crippen molar-refractivity contribution in [2.24, 2.45) is 5.92 Å². The first kappa shape index (κ1) is 15.8. The van der Waals surface area contributed by atoms with Gasteiger partial charge >= 0.3 is 0 Å².